The van der Waals surface area contributed by atoms with E-state index in [-0.39, 0.29) is 6.03 Å². The fraction of sp³-hybridized carbons (Fsp3) is 0.950. The van der Waals surface area contributed by atoms with Crippen LogP contribution in [-0.2, 0) is 0 Å². The summed E-state index contributed by atoms with van der Waals surface area (Å²) in [6.45, 7) is 6.67. The van der Waals surface area contributed by atoms with E-state index in [0.29, 0.717) is 6.04 Å². The molecule has 136 valence electrons. The summed E-state index contributed by atoms with van der Waals surface area (Å²) < 4.78 is 0. The van der Waals surface area contributed by atoms with Crippen LogP contribution in [0.4, 0.5) is 4.79 Å². The maximum Gasteiger partial charge on any atom is 0.317 e. The predicted molar refractivity (Wildman–Crippen MR) is 97.0 cm³/mol. The maximum atomic E-state index is 12.7. The Labute approximate surface area is 147 Å². The lowest BCUT2D eigenvalue weighted by molar-refractivity contribution is 0.0993. The van der Waals surface area contributed by atoms with Crippen LogP contribution in [0.2, 0.25) is 0 Å². The number of nitrogens with zero attached hydrogens (tertiary/aromatic N) is 2. The van der Waals surface area contributed by atoms with Crippen LogP contribution in [0, 0.1) is 17.8 Å². The maximum absolute atomic E-state index is 12.7. The summed E-state index contributed by atoms with van der Waals surface area (Å²) in [5.74, 6) is 2.58. The zero-order valence-corrected chi connectivity index (χ0v) is 15.4. The molecule has 0 spiro atoms. The standard InChI is InChI=1S/C20H35N3O/c1-15(19-14-16-5-6-17(19)13-16)21-20(24)23-11-7-18(8-12-23)22-9-3-2-4-10-22/h15-19H,2-14H2,1H3,(H,21,24). The largest absolute Gasteiger partial charge is 0.335 e. The van der Waals surface area contributed by atoms with Crippen LogP contribution in [0.5, 0.6) is 0 Å². The van der Waals surface area contributed by atoms with Crippen LogP contribution in [0.15, 0.2) is 0 Å². The van der Waals surface area contributed by atoms with Crippen LogP contribution >= 0.6 is 0 Å². The molecule has 2 amide bonds. The Balaban J connectivity index is 1.22. The molecule has 1 N–H and O–H groups in total. The molecule has 2 aliphatic heterocycles. The van der Waals surface area contributed by atoms with Gasteiger partial charge in [0.1, 0.15) is 0 Å². The van der Waals surface area contributed by atoms with Gasteiger partial charge >= 0.3 is 6.03 Å². The number of nitrogens with one attached hydrogen (secondary N) is 1. The lowest BCUT2D eigenvalue weighted by atomic mass is 9.84. The number of carbonyl (C=O) groups is 1. The van der Waals surface area contributed by atoms with Gasteiger partial charge in [-0.15, -0.1) is 0 Å². The second-order valence-electron chi connectivity index (χ2n) is 8.89. The molecule has 2 saturated carbocycles. The Morgan fingerprint density at radius 2 is 1.71 bits per heavy atom. The molecule has 24 heavy (non-hydrogen) atoms. The highest BCUT2D eigenvalue weighted by Crippen LogP contribution is 2.49. The van der Waals surface area contributed by atoms with Gasteiger partial charge in [0.05, 0.1) is 0 Å². The molecule has 2 aliphatic carbocycles. The molecule has 4 rings (SSSR count). The van der Waals surface area contributed by atoms with Crippen molar-refractivity contribution in [2.75, 3.05) is 26.2 Å². The van der Waals surface area contributed by atoms with Crippen molar-refractivity contribution in [1.29, 1.82) is 0 Å². The quantitative estimate of drug-likeness (QED) is 0.858. The summed E-state index contributed by atoms with van der Waals surface area (Å²) >= 11 is 0. The second kappa shape index (κ2) is 7.23. The summed E-state index contributed by atoms with van der Waals surface area (Å²) in [5.41, 5.74) is 0. The van der Waals surface area contributed by atoms with E-state index >= 15 is 0 Å². The van der Waals surface area contributed by atoms with Gasteiger partial charge in [0.15, 0.2) is 0 Å². The minimum atomic E-state index is 0.197. The van der Waals surface area contributed by atoms with Gasteiger partial charge < -0.3 is 15.1 Å². The Bertz CT molecular complexity index is 440. The first-order valence-corrected chi connectivity index (χ1v) is 10.5. The molecular formula is C20H35N3O. The molecule has 0 aromatic rings. The van der Waals surface area contributed by atoms with E-state index in [2.05, 4.69) is 22.0 Å². The lowest BCUT2D eigenvalue weighted by Crippen LogP contribution is -2.52. The smallest absolute Gasteiger partial charge is 0.317 e. The zero-order valence-electron chi connectivity index (χ0n) is 15.4. The number of piperidine rings is 2. The molecule has 4 nitrogen and oxygen atoms in total. The molecule has 2 saturated heterocycles. The fourth-order valence-electron chi connectivity index (χ4n) is 6.02. The predicted octanol–water partition coefficient (Wildman–Crippen LogP) is 3.47. The third-order valence-electron chi connectivity index (χ3n) is 7.44. The molecule has 4 unspecified atom stereocenters. The Hall–Kier alpha value is -0.770. The molecule has 4 aliphatic rings. The summed E-state index contributed by atoms with van der Waals surface area (Å²) in [4.78, 5) is 17.4. The minimum absolute atomic E-state index is 0.197. The third kappa shape index (κ3) is 3.44. The summed E-state index contributed by atoms with van der Waals surface area (Å²) in [6, 6.07) is 1.27. The van der Waals surface area contributed by atoms with Crippen LogP contribution in [-0.4, -0.2) is 54.1 Å². The summed E-state index contributed by atoms with van der Waals surface area (Å²) in [5, 5.41) is 3.34. The molecule has 0 aromatic heterocycles. The number of rotatable bonds is 3. The number of urea groups is 1. The van der Waals surface area contributed by atoms with E-state index in [1.807, 2.05) is 0 Å². The van der Waals surface area contributed by atoms with Crippen LogP contribution < -0.4 is 5.32 Å². The topological polar surface area (TPSA) is 35.6 Å². The highest BCUT2D eigenvalue weighted by atomic mass is 16.2. The van der Waals surface area contributed by atoms with Crippen molar-refractivity contribution in [2.24, 2.45) is 17.8 Å². The van der Waals surface area contributed by atoms with E-state index in [1.54, 1.807) is 0 Å². The van der Waals surface area contributed by atoms with Gasteiger partial charge in [0, 0.05) is 25.2 Å². The normalized spacial score (nSPS) is 36.0. The van der Waals surface area contributed by atoms with Crippen LogP contribution in [0.3, 0.4) is 0 Å². The first kappa shape index (κ1) is 16.7. The van der Waals surface area contributed by atoms with Gasteiger partial charge in [-0.3, -0.25) is 0 Å². The average Bonchev–Trinajstić information content (AvgIpc) is 3.26. The number of likely N-dealkylation sites (tertiary alicyclic amines) is 2. The van der Waals surface area contributed by atoms with Crippen molar-refractivity contribution in [3.05, 3.63) is 0 Å². The molecule has 4 fully saturated rings. The van der Waals surface area contributed by atoms with Crippen molar-refractivity contribution in [1.82, 2.24) is 15.1 Å². The molecule has 0 aromatic carbocycles. The van der Waals surface area contributed by atoms with Gasteiger partial charge in [-0.1, -0.05) is 12.8 Å². The number of hydrogen-bond acceptors (Lipinski definition) is 2. The van der Waals surface area contributed by atoms with E-state index in [0.717, 1.165) is 49.7 Å². The van der Waals surface area contributed by atoms with Gasteiger partial charge in [-0.2, -0.15) is 0 Å². The molecule has 4 heteroatoms. The van der Waals surface area contributed by atoms with Gasteiger partial charge in [0.2, 0.25) is 0 Å². The number of carbonyl (C=O) groups excluding carboxylic acids is 1. The molecule has 4 atom stereocenters. The Morgan fingerprint density at radius 3 is 2.33 bits per heavy atom. The number of fused-ring (bicyclic) bond motifs is 2. The van der Waals surface area contributed by atoms with E-state index in [9.17, 15) is 4.79 Å². The number of amides is 2. The molecule has 2 heterocycles. The van der Waals surface area contributed by atoms with Crippen molar-refractivity contribution in [2.45, 2.75) is 76.8 Å². The van der Waals surface area contributed by atoms with E-state index in [4.69, 9.17) is 0 Å². The minimum Gasteiger partial charge on any atom is -0.335 e. The SMILES string of the molecule is CC(NC(=O)N1CCC(N2CCCCC2)CC1)C1CC2CCC1C2. The van der Waals surface area contributed by atoms with Gasteiger partial charge in [-0.05, 0) is 82.7 Å². The molecule has 0 radical (unpaired) electrons. The van der Waals surface area contributed by atoms with Crippen LogP contribution in [0.1, 0.15) is 64.7 Å². The Kier molecular flexibility index (Phi) is 5.03. The Morgan fingerprint density at radius 1 is 0.958 bits per heavy atom. The van der Waals surface area contributed by atoms with Gasteiger partial charge in [-0.25, -0.2) is 4.79 Å². The van der Waals surface area contributed by atoms with Crippen molar-refractivity contribution in [3.8, 4) is 0 Å². The number of hydrogen-bond donors (Lipinski definition) is 1. The van der Waals surface area contributed by atoms with E-state index < -0.39 is 0 Å². The van der Waals surface area contributed by atoms with Crippen molar-refractivity contribution < 1.29 is 4.79 Å². The summed E-state index contributed by atoms with van der Waals surface area (Å²) in [6.07, 6.45) is 12.1. The second-order valence-corrected chi connectivity index (χ2v) is 8.89. The first-order chi connectivity index (χ1) is 11.7. The highest BCUT2D eigenvalue weighted by molar-refractivity contribution is 5.74. The van der Waals surface area contributed by atoms with Crippen molar-refractivity contribution in [3.63, 3.8) is 0 Å². The van der Waals surface area contributed by atoms with Crippen molar-refractivity contribution >= 4 is 6.03 Å². The van der Waals surface area contributed by atoms with Gasteiger partial charge in [0.25, 0.3) is 0 Å². The van der Waals surface area contributed by atoms with E-state index in [1.165, 1.54) is 58.0 Å². The highest BCUT2D eigenvalue weighted by Gasteiger charge is 2.42. The molecular weight excluding hydrogens is 298 g/mol. The molecule has 2 bridgehead atoms. The third-order valence-corrected chi connectivity index (χ3v) is 7.44. The fourth-order valence-corrected chi connectivity index (χ4v) is 6.02. The first-order valence-electron chi connectivity index (χ1n) is 10.5. The lowest BCUT2D eigenvalue weighted by Gasteiger charge is -2.40. The summed E-state index contributed by atoms with van der Waals surface area (Å²) in [7, 11) is 0. The zero-order chi connectivity index (χ0) is 16.5. The monoisotopic (exact) mass is 333 g/mol. The van der Waals surface area contributed by atoms with Crippen LogP contribution in [0.25, 0.3) is 0 Å². The average molecular weight is 334 g/mol.